The zero-order valence-electron chi connectivity index (χ0n) is 13.4. The number of unbranched alkanes of at least 4 members (excludes halogenated alkanes) is 5. The second-order valence-electron chi connectivity index (χ2n) is 5.34. The number of halogens is 1. The molecule has 1 aromatic carbocycles. The smallest absolute Gasteiger partial charge is 0.122 e. The first-order chi connectivity index (χ1) is 10.3. The maximum Gasteiger partial charge on any atom is 0.122 e. The van der Waals surface area contributed by atoms with E-state index in [9.17, 15) is 0 Å². The Balaban J connectivity index is 2.31. The largest absolute Gasteiger partial charge is 0.493 e. The molecule has 1 aromatic rings. The second kappa shape index (κ2) is 11.5. The number of hydrogen-bond acceptors (Lipinski definition) is 1. The SMILES string of the molecule is CCCCCCCCOc1ccc(C#CCCCl)cc1C. The van der Waals surface area contributed by atoms with Crippen molar-refractivity contribution in [1.82, 2.24) is 0 Å². The molecule has 0 aliphatic carbocycles. The Hall–Kier alpha value is -1.13. The van der Waals surface area contributed by atoms with Crippen LogP contribution in [0.2, 0.25) is 0 Å². The van der Waals surface area contributed by atoms with E-state index in [4.69, 9.17) is 16.3 Å². The van der Waals surface area contributed by atoms with Gasteiger partial charge in [0.1, 0.15) is 5.75 Å². The van der Waals surface area contributed by atoms with Gasteiger partial charge < -0.3 is 4.74 Å². The summed E-state index contributed by atoms with van der Waals surface area (Å²) in [6, 6.07) is 6.12. The number of benzene rings is 1. The van der Waals surface area contributed by atoms with Crippen LogP contribution >= 0.6 is 11.6 Å². The summed E-state index contributed by atoms with van der Waals surface area (Å²) >= 11 is 5.61. The summed E-state index contributed by atoms with van der Waals surface area (Å²) in [6.07, 6.45) is 8.47. The molecule has 0 spiro atoms. The third-order valence-electron chi connectivity index (χ3n) is 3.38. The van der Waals surface area contributed by atoms with E-state index in [-0.39, 0.29) is 0 Å². The lowest BCUT2D eigenvalue weighted by Crippen LogP contribution is -1.99. The van der Waals surface area contributed by atoms with Crippen LogP contribution in [0.25, 0.3) is 0 Å². The molecule has 0 radical (unpaired) electrons. The van der Waals surface area contributed by atoms with E-state index in [2.05, 4.69) is 31.8 Å². The molecule has 0 aromatic heterocycles. The number of ether oxygens (including phenoxy) is 1. The fourth-order valence-electron chi connectivity index (χ4n) is 2.17. The van der Waals surface area contributed by atoms with Gasteiger partial charge >= 0.3 is 0 Å². The molecule has 2 heteroatoms. The van der Waals surface area contributed by atoms with E-state index in [1.807, 2.05) is 12.1 Å². The summed E-state index contributed by atoms with van der Waals surface area (Å²) in [5, 5.41) is 0. The van der Waals surface area contributed by atoms with Gasteiger partial charge in [0.2, 0.25) is 0 Å². The van der Waals surface area contributed by atoms with Crippen LogP contribution in [0, 0.1) is 18.8 Å². The van der Waals surface area contributed by atoms with Gasteiger partial charge in [0, 0.05) is 17.9 Å². The van der Waals surface area contributed by atoms with Gasteiger partial charge in [-0.2, -0.15) is 0 Å². The third-order valence-corrected chi connectivity index (χ3v) is 3.57. The van der Waals surface area contributed by atoms with Crippen molar-refractivity contribution in [3.63, 3.8) is 0 Å². The average molecular weight is 307 g/mol. The minimum absolute atomic E-state index is 0.589. The molecule has 21 heavy (non-hydrogen) atoms. The molecule has 0 fully saturated rings. The van der Waals surface area contributed by atoms with Gasteiger partial charge in [-0.1, -0.05) is 50.9 Å². The van der Waals surface area contributed by atoms with Gasteiger partial charge in [0.05, 0.1) is 6.61 Å². The van der Waals surface area contributed by atoms with Crippen molar-refractivity contribution < 1.29 is 4.74 Å². The molecule has 0 N–H and O–H groups in total. The Kier molecular flexibility index (Phi) is 9.83. The summed E-state index contributed by atoms with van der Waals surface area (Å²) < 4.78 is 5.85. The molecule has 0 unspecified atom stereocenters. The molecular formula is C19H27ClO. The van der Waals surface area contributed by atoms with Gasteiger partial charge in [-0.05, 0) is 37.1 Å². The molecular weight excluding hydrogens is 280 g/mol. The van der Waals surface area contributed by atoms with E-state index < -0.39 is 0 Å². The number of rotatable bonds is 9. The van der Waals surface area contributed by atoms with Crippen LogP contribution in [0.5, 0.6) is 5.75 Å². The van der Waals surface area contributed by atoms with Gasteiger partial charge in [0.25, 0.3) is 0 Å². The van der Waals surface area contributed by atoms with E-state index in [1.165, 1.54) is 32.1 Å². The highest BCUT2D eigenvalue weighted by molar-refractivity contribution is 6.18. The van der Waals surface area contributed by atoms with Gasteiger partial charge in [-0.3, -0.25) is 0 Å². The Morgan fingerprint density at radius 3 is 2.57 bits per heavy atom. The van der Waals surface area contributed by atoms with Crippen LogP contribution in [-0.2, 0) is 0 Å². The van der Waals surface area contributed by atoms with Crippen molar-refractivity contribution in [2.45, 2.75) is 58.8 Å². The molecule has 0 amide bonds. The second-order valence-corrected chi connectivity index (χ2v) is 5.72. The van der Waals surface area contributed by atoms with Crippen molar-refractivity contribution in [3.05, 3.63) is 29.3 Å². The zero-order valence-corrected chi connectivity index (χ0v) is 14.1. The zero-order chi connectivity index (χ0) is 15.3. The molecule has 1 nitrogen and oxygen atoms in total. The van der Waals surface area contributed by atoms with Crippen LogP contribution in [0.1, 0.15) is 63.0 Å². The molecule has 0 aliphatic heterocycles. The minimum Gasteiger partial charge on any atom is -0.493 e. The van der Waals surface area contributed by atoms with E-state index >= 15 is 0 Å². The highest BCUT2D eigenvalue weighted by atomic mass is 35.5. The fraction of sp³-hybridized carbons (Fsp3) is 0.579. The summed E-state index contributed by atoms with van der Waals surface area (Å²) in [7, 11) is 0. The normalized spacial score (nSPS) is 10.0. The Morgan fingerprint density at radius 1 is 1.10 bits per heavy atom. The first-order valence-corrected chi connectivity index (χ1v) is 8.59. The quantitative estimate of drug-likeness (QED) is 0.322. The van der Waals surface area contributed by atoms with Crippen LogP contribution in [0.15, 0.2) is 18.2 Å². The molecule has 0 saturated heterocycles. The lowest BCUT2D eigenvalue weighted by Gasteiger charge is -2.09. The summed E-state index contributed by atoms with van der Waals surface area (Å²) in [5.74, 6) is 7.74. The maximum atomic E-state index is 5.85. The van der Waals surface area contributed by atoms with Crippen LogP contribution in [0.4, 0.5) is 0 Å². The molecule has 0 heterocycles. The van der Waals surface area contributed by atoms with Crippen molar-refractivity contribution in [2.75, 3.05) is 12.5 Å². The lowest BCUT2D eigenvalue weighted by molar-refractivity contribution is 0.302. The number of alkyl halides is 1. The van der Waals surface area contributed by atoms with Crippen molar-refractivity contribution in [2.24, 2.45) is 0 Å². The standard InChI is InChI=1S/C19H27ClO/c1-3-4-5-6-7-10-15-21-19-13-12-18(16-17(19)2)11-8-9-14-20/h12-13,16H,3-7,9-10,14-15H2,1-2H3. The van der Waals surface area contributed by atoms with Crippen molar-refractivity contribution in [3.8, 4) is 17.6 Å². The summed E-state index contributed by atoms with van der Waals surface area (Å²) in [5.41, 5.74) is 2.18. The van der Waals surface area contributed by atoms with Crippen LogP contribution < -0.4 is 4.74 Å². The maximum absolute atomic E-state index is 5.85. The fourth-order valence-corrected chi connectivity index (χ4v) is 2.26. The first kappa shape index (κ1) is 17.9. The third kappa shape index (κ3) is 8.02. The molecule has 1 rings (SSSR count). The summed E-state index contributed by atoms with van der Waals surface area (Å²) in [6.45, 7) is 5.13. The molecule has 116 valence electrons. The van der Waals surface area contributed by atoms with Crippen molar-refractivity contribution in [1.29, 1.82) is 0 Å². The Labute approximate surface area is 135 Å². The molecule has 0 bridgehead atoms. The predicted octanol–water partition coefficient (Wildman–Crippen LogP) is 5.71. The number of hydrogen-bond donors (Lipinski definition) is 0. The Bertz CT molecular complexity index is 456. The molecule has 0 atom stereocenters. The predicted molar refractivity (Wildman–Crippen MR) is 92.3 cm³/mol. The highest BCUT2D eigenvalue weighted by Gasteiger charge is 2.00. The van der Waals surface area contributed by atoms with E-state index in [0.29, 0.717) is 5.88 Å². The van der Waals surface area contributed by atoms with E-state index in [1.54, 1.807) is 0 Å². The summed E-state index contributed by atoms with van der Waals surface area (Å²) in [4.78, 5) is 0. The van der Waals surface area contributed by atoms with E-state index in [0.717, 1.165) is 36.3 Å². The average Bonchev–Trinajstić information content (AvgIpc) is 2.48. The van der Waals surface area contributed by atoms with Crippen LogP contribution in [0.3, 0.4) is 0 Å². The van der Waals surface area contributed by atoms with Gasteiger partial charge in [-0.15, -0.1) is 11.6 Å². The first-order valence-electron chi connectivity index (χ1n) is 8.06. The van der Waals surface area contributed by atoms with Gasteiger partial charge in [-0.25, -0.2) is 0 Å². The lowest BCUT2D eigenvalue weighted by atomic mass is 10.1. The molecule has 0 aliphatic rings. The van der Waals surface area contributed by atoms with Crippen LogP contribution in [-0.4, -0.2) is 12.5 Å². The van der Waals surface area contributed by atoms with Crippen molar-refractivity contribution >= 4 is 11.6 Å². The van der Waals surface area contributed by atoms with Gasteiger partial charge in [0.15, 0.2) is 0 Å². The minimum atomic E-state index is 0.589. The number of aryl methyl sites for hydroxylation is 1. The molecule has 0 saturated carbocycles. The topological polar surface area (TPSA) is 9.23 Å². The monoisotopic (exact) mass is 306 g/mol. The highest BCUT2D eigenvalue weighted by Crippen LogP contribution is 2.19. The Morgan fingerprint density at radius 2 is 1.86 bits per heavy atom.